The number of nitrogens with one attached hydrogen (secondary N) is 1. The van der Waals surface area contributed by atoms with Gasteiger partial charge in [0.05, 0.1) is 0 Å². The number of nitrogens with two attached hydrogens (primary N) is 1. The van der Waals surface area contributed by atoms with Crippen molar-refractivity contribution >= 4 is 18.8 Å². The van der Waals surface area contributed by atoms with Gasteiger partial charge in [-0.15, -0.1) is 5.10 Å². The van der Waals surface area contributed by atoms with E-state index in [0.717, 1.165) is 4.68 Å². The summed E-state index contributed by atoms with van der Waals surface area (Å²) in [6, 6.07) is 1.19. The van der Waals surface area contributed by atoms with Gasteiger partial charge in [-0.05, 0) is 5.92 Å². The maximum atomic E-state index is 12.2. The van der Waals surface area contributed by atoms with Gasteiger partial charge in [-0.2, -0.15) is 0 Å². The molecule has 0 amide bonds. The standard InChI is InChI=1S/C15H21N6O7P/c1-7(2)10-8(6-21-12(16)13(18-19-21)29(24,25)26)28-14(11(10)27-3)20-5-4-9(22)17-15(20)23/h4-5,7,11,14H,6,16H2,1-3H3,(H,17,22,23)(H2,24,25,26)/t11?,14-/m1/s1. The number of ether oxygens (including phenoxy) is 2. The van der Waals surface area contributed by atoms with Gasteiger partial charge in [-0.1, -0.05) is 19.1 Å². The lowest BCUT2D eigenvalue weighted by molar-refractivity contribution is -0.0295. The third-order valence-electron chi connectivity index (χ3n) is 4.48. The zero-order valence-electron chi connectivity index (χ0n) is 15.8. The average Bonchev–Trinajstić information content (AvgIpc) is 3.15. The van der Waals surface area contributed by atoms with Gasteiger partial charge in [0.2, 0.25) is 11.7 Å². The minimum absolute atomic E-state index is 0.0654. The molecule has 3 heterocycles. The van der Waals surface area contributed by atoms with Crippen molar-refractivity contribution in [2.45, 2.75) is 32.7 Å². The highest BCUT2D eigenvalue weighted by Gasteiger charge is 2.40. The summed E-state index contributed by atoms with van der Waals surface area (Å²) in [6.07, 6.45) is -0.253. The summed E-state index contributed by atoms with van der Waals surface area (Å²) in [5, 5.41) is 7.16. The van der Waals surface area contributed by atoms with Crippen LogP contribution in [0.25, 0.3) is 0 Å². The van der Waals surface area contributed by atoms with Crippen LogP contribution in [0.5, 0.6) is 0 Å². The molecule has 5 N–H and O–H groups in total. The number of methoxy groups -OCH3 is 1. The molecule has 14 heteroatoms. The van der Waals surface area contributed by atoms with Crippen LogP contribution in [0.2, 0.25) is 0 Å². The Balaban J connectivity index is 2.01. The number of nitrogen functional groups attached to an aromatic ring is 1. The van der Waals surface area contributed by atoms with Crippen LogP contribution in [-0.4, -0.2) is 47.5 Å². The van der Waals surface area contributed by atoms with Crippen LogP contribution in [0.3, 0.4) is 0 Å². The lowest BCUT2D eigenvalue weighted by Crippen LogP contribution is -2.36. The molecule has 13 nitrogen and oxygen atoms in total. The predicted octanol–water partition coefficient (Wildman–Crippen LogP) is -1.33. The quantitative estimate of drug-likeness (QED) is 0.401. The monoisotopic (exact) mass is 428 g/mol. The lowest BCUT2D eigenvalue weighted by Gasteiger charge is -2.22. The van der Waals surface area contributed by atoms with Gasteiger partial charge in [0.25, 0.3) is 5.56 Å². The molecule has 0 bridgehead atoms. The first-order valence-electron chi connectivity index (χ1n) is 8.53. The first-order chi connectivity index (χ1) is 13.5. The minimum atomic E-state index is -4.68. The van der Waals surface area contributed by atoms with E-state index in [4.69, 9.17) is 15.2 Å². The van der Waals surface area contributed by atoms with Gasteiger partial charge in [0.15, 0.2) is 5.82 Å². The molecule has 0 aliphatic carbocycles. The second-order valence-electron chi connectivity index (χ2n) is 6.72. The van der Waals surface area contributed by atoms with E-state index in [0.29, 0.717) is 11.3 Å². The molecule has 1 aliphatic rings. The molecule has 1 unspecified atom stereocenters. The second kappa shape index (κ2) is 7.59. The number of aromatic nitrogens is 5. The SMILES string of the molecule is COC1C(C(C)C)=C(Cn2nnc(P(=O)(O)O)c2N)O[C@H]1n1ccc(=O)[nH]c1=O. The van der Waals surface area contributed by atoms with Crippen LogP contribution in [0.15, 0.2) is 33.2 Å². The van der Waals surface area contributed by atoms with Crippen molar-refractivity contribution in [2.24, 2.45) is 5.92 Å². The number of aromatic amines is 1. The first-order valence-corrected chi connectivity index (χ1v) is 10.1. The zero-order valence-corrected chi connectivity index (χ0v) is 16.7. The summed E-state index contributed by atoms with van der Waals surface area (Å²) in [5.41, 5.74) is 4.66. The first kappa shape index (κ1) is 21.0. The number of hydrogen-bond donors (Lipinski definition) is 4. The minimum Gasteiger partial charge on any atom is -0.469 e. The van der Waals surface area contributed by atoms with E-state index in [1.54, 1.807) is 0 Å². The topological polar surface area (TPSA) is 188 Å². The fourth-order valence-corrected chi connectivity index (χ4v) is 3.78. The normalized spacial score (nSPS) is 19.8. The molecule has 0 radical (unpaired) electrons. The van der Waals surface area contributed by atoms with Gasteiger partial charge in [0.1, 0.15) is 18.4 Å². The van der Waals surface area contributed by atoms with Gasteiger partial charge in [-0.25, -0.2) is 9.48 Å². The number of anilines is 1. The zero-order chi connectivity index (χ0) is 21.5. The molecule has 2 atom stereocenters. The van der Waals surface area contributed by atoms with Crippen LogP contribution in [-0.2, 0) is 20.6 Å². The number of H-pyrrole nitrogens is 1. The van der Waals surface area contributed by atoms with Gasteiger partial charge >= 0.3 is 13.3 Å². The Morgan fingerprint density at radius 1 is 1.41 bits per heavy atom. The predicted molar refractivity (Wildman–Crippen MR) is 100 cm³/mol. The van der Waals surface area contributed by atoms with E-state index >= 15 is 0 Å². The van der Waals surface area contributed by atoms with Gasteiger partial charge in [0, 0.05) is 24.9 Å². The Morgan fingerprint density at radius 3 is 2.62 bits per heavy atom. The molecular formula is C15H21N6O7P. The molecule has 3 rings (SSSR count). The Hall–Kier alpha value is -2.73. The van der Waals surface area contributed by atoms with Crippen LogP contribution in [0, 0.1) is 5.92 Å². The van der Waals surface area contributed by atoms with Crippen molar-refractivity contribution in [1.29, 1.82) is 0 Å². The van der Waals surface area contributed by atoms with Crippen LogP contribution >= 0.6 is 7.60 Å². The van der Waals surface area contributed by atoms with E-state index in [1.165, 1.54) is 23.9 Å². The highest BCUT2D eigenvalue weighted by molar-refractivity contribution is 7.60. The largest absolute Gasteiger partial charge is 0.469 e. The molecule has 29 heavy (non-hydrogen) atoms. The van der Waals surface area contributed by atoms with Crippen molar-refractivity contribution in [2.75, 3.05) is 12.8 Å². The van der Waals surface area contributed by atoms with E-state index in [1.807, 2.05) is 13.8 Å². The highest BCUT2D eigenvalue weighted by atomic mass is 31.2. The van der Waals surface area contributed by atoms with Crippen LogP contribution < -0.4 is 22.4 Å². The number of allylic oxidation sites excluding steroid dienone is 1. The molecule has 1 aliphatic heterocycles. The van der Waals surface area contributed by atoms with E-state index < -0.39 is 36.6 Å². The Bertz CT molecular complexity index is 1110. The molecule has 2 aromatic rings. The second-order valence-corrected chi connectivity index (χ2v) is 8.23. The fraction of sp³-hybridized carbons (Fsp3) is 0.467. The highest BCUT2D eigenvalue weighted by Crippen LogP contribution is 2.39. The van der Waals surface area contributed by atoms with E-state index in [-0.39, 0.29) is 18.3 Å². The Morgan fingerprint density at radius 2 is 2.10 bits per heavy atom. The molecule has 2 aromatic heterocycles. The summed E-state index contributed by atoms with van der Waals surface area (Å²) in [5.74, 6) is 0.00406. The Kier molecular flexibility index (Phi) is 5.50. The van der Waals surface area contributed by atoms with Crippen LogP contribution in [0.1, 0.15) is 20.1 Å². The Labute approximate surface area is 163 Å². The summed E-state index contributed by atoms with van der Waals surface area (Å²) < 4.78 is 25.2. The van der Waals surface area contributed by atoms with E-state index in [2.05, 4.69) is 15.3 Å². The van der Waals surface area contributed by atoms with Crippen LogP contribution in [0.4, 0.5) is 5.82 Å². The summed E-state index contributed by atoms with van der Waals surface area (Å²) in [6.45, 7) is 3.71. The maximum Gasteiger partial charge on any atom is 0.380 e. The van der Waals surface area contributed by atoms with Crippen molar-refractivity contribution in [1.82, 2.24) is 24.5 Å². The van der Waals surface area contributed by atoms with Gasteiger partial charge in [-0.3, -0.25) is 18.9 Å². The average molecular weight is 428 g/mol. The summed E-state index contributed by atoms with van der Waals surface area (Å²) >= 11 is 0. The van der Waals surface area contributed by atoms with Crippen molar-refractivity contribution in [3.05, 3.63) is 44.4 Å². The van der Waals surface area contributed by atoms with E-state index in [9.17, 15) is 23.9 Å². The third kappa shape index (κ3) is 3.90. The molecule has 0 saturated carbocycles. The van der Waals surface area contributed by atoms with Crippen molar-refractivity contribution < 1.29 is 23.8 Å². The van der Waals surface area contributed by atoms with Crippen molar-refractivity contribution in [3.8, 4) is 0 Å². The smallest absolute Gasteiger partial charge is 0.380 e. The van der Waals surface area contributed by atoms with Crippen molar-refractivity contribution in [3.63, 3.8) is 0 Å². The van der Waals surface area contributed by atoms with Gasteiger partial charge < -0.3 is 25.0 Å². The number of rotatable bonds is 6. The maximum absolute atomic E-state index is 12.2. The molecule has 0 spiro atoms. The molecule has 158 valence electrons. The number of hydrogen-bond acceptors (Lipinski definition) is 8. The molecule has 0 saturated heterocycles. The summed E-state index contributed by atoms with van der Waals surface area (Å²) in [7, 11) is -3.23. The fourth-order valence-electron chi connectivity index (χ4n) is 3.21. The molecular weight excluding hydrogens is 407 g/mol. The molecule has 0 fully saturated rings. The third-order valence-corrected chi connectivity index (χ3v) is 5.35. The number of nitrogens with zero attached hydrogens (tertiary/aromatic N) is 4. The summed E-state index contributed by atoms with van der Waals surface area (Å²) in [4.78, 5) is 44.3. The lowest BCUT2D eigenvalue weighted by atomic mass is 9.97. The molecule has 0 aromatic carbocycles.